The first kappa shape index (κ1) is 19.6. The zero-order valence-electron chi connectivity index (χ0n) is 16.8. The second-order valence-corrected chi connectivity index (χ2v) is 7.57. The lowest BCUT2D eigenvalue weighted by atomic mass is 10.1. The van der Waals surface area contributed by atoms with Crippen molar-refractivity contribution in [2.45, 2.75) is 32.7 Å². The van der Waals surface area contributed by atoms with Crippen LogP contribution in [0.4, 0.5) is 16.2 Å². The number of hydrogen-bond donors (Lipinski definition) is 3. The molecule has 0 spiro atoms. The molecule has 3 aromatic rings. The molecule has 3 amide bonds. The number of nitrogens with one attached hydrogen (secondary N) is 3. The van der Waals surface area contributed by atoms with Gasteiger partial charge in [-0.05, 0) is 57.0 Å². The lowest BCUT2D eigenvalue weighted by Gasteiger charge is -2.10. The molecule has 0 atom stereocenters. The Morgan fingerprint density at radius 2 is 1.87 bits per heavy atom. The summed E-state index contributed by atoms with van der Waals surface area (Å²) in [5, 5.41) is 12.6. The van der Waals surface area contributed by atoms with E-state index in [9.17, 15) is 9.59 Å². The Labute approximate surface area is 174 Å². The van der Waals surface area contributed by atoms with E-state index >= 15 is 0 Å². The Morgan fingerprint density at radius 3 is 2.63 bits per heavy atom. The molecule has 2 aromatic carbocycles. The van der Waals surface area contributed by atoms with Crippen LogP contribution in [0.3, 0.4) is 0 Å². The van der Waals surface area contributed by atoms with Crippen LogP contribution in [-0.4, -0.2) is 28.1 Å². The molecule has 0 unspecified atom stereocenters. The summed E-state index contributed by atoms with van der Waals surface area (Å²) in [4.78, 5) is 28.6. The standard InChI is InChI=1S/C22H23N5O3/c1-13(2)23-22(29)24-16-7-5-6-15(12-16)21-26-19(27-30-21)17-8-3-4-9-18(17)25-20(28)14-10-11-14/h3-9,12-14H,10-11H2,1-2H3,(H,25,28)(H2,23,24,29). The van der Waals surface area contributed by atoms with Crippen molar-refractivity contribution in [3.05, 3.63) is 48.5 Å². The van der Waals surface area contributed by atoms with Crippen molar-refractivity contribution in [1.29, 1.82) is 0 Å². The zero-order chi connectivity index (χ0) is 21.1. The summed E-state index contributed by atoms with van der Waals surface area (Å²) in [6.07, 6.45) is 1.86. The number of carbonyl (C=O) groups excluding carboxylic acids is 2. The van der Waals surface area contributed by atoms with Gasteiger partial charge in [0.25, 0.3) is 5.89 Å². The van der Waals surface area contributed by atoms with Crippen LogP contribution in [0.15, 0.2) is 53.1 Å². The highest BCUT2D eigenvalue weighted by Gasteiger charge is 2.30. The highest BCUT2D eigenvalue weighted by molar-refractivity contribution is 5.97. The molecule has 1 aliphatic rings. The average Bonchev–Trinajstić information content (AvgIpc) is 3.45. The summed E-state index contributed by atoms with van der Waals surface area (Å²) in [6.45, 7) is 3.78. The monoisotopic (exact) mass is 405 g/mol. The zero-order valence-corrected chi connectivity index (χ0v) is 16.8. The van der Waals surface area contributed by atoms with Crippen LogP contribution in [0, 0.1) is 5.92 Å². The van der Waals surface area contributed by atoms with E-state index in [0.29, 0.717) is 34.2 Å². The second-order valence-electron chi connectivity index (χ2n) is 7.57. The van der Waals surface area contributed by atoms with Gasteiger partial charge in [0.15, 0.2) is 0 Å². The number of benzene rings is 2. The van der Waals surface area contributed by atoms with Crippen molar-refractivity contribution in [2.24, 2.45) is 5.92 Å². The quantitative estimate of drug-likeness (QED) is 0.567. The van der Waals surface area contributed by atoms with Gasteiger partial charge in [-0.1, -0.05) is 23.4 Å². The third kappa shape index (κ3) is 4.65. The van der Waals surface area contributed by atoms with Gasteiger partial charge < -0.3 is 20.5 Å². The topological polar surface area (TPSA) is 109 Å². The molecule has 3 N–H and O–H groups in total. The van der Waals surface area contributed by atoms with Gasteiger partial charge in [-0.3, -0.25) is 4.79 Å². The van der Waals surface area contributed by atoms with Gasteiger partial charge in [0.05, 0.1) is 5.69 Å². The minimum atomic E-state index is -0.284. The van der Waals surface area contributed by atoms with E-state index in [1.54, 1.807) is 18.2 Å². The van der Waals surface area contributed by atoms with E-state index < -0.39 is 0 Å². The molecule has 8 nitrogen and oxygen atoms in total. The summed E-state index contributed by atoms with van der Waals surface area (Å²) < 4.78 is 5.45. The predicted octanol–water partition coefficient (Wildman–Crippen LogP) is 4.28. The molecule has 1 heterocycles. The van der Waals surface area contributed by atoms with E-state index in [1.165, 1.54) is 0 Å². The first-order valence-electron chi connectivity index (χ1n) is 9.91. The number of carbonyl (C=O) groups is 2. The van der Waals surface area contributed by atoms with Crippen LogP contribution in [0.2, 0.25) is 0 Å². The average molecular weight is 405 g/mol. The Bertz CT molecular complexity index is 1070. The fraction of sp³-hybridized carbons (Fsp3) is 0.273. The Hall–Kier alpha value is -3.68. The molecule has 1 aromatic heterocycles. The van der Waals surface area contributed by atoms with E-state index in [2.05, 4.69) is 26.1 Å². The lowest BCUT2D eigenvalue weighted by Crippen LogP contribution is -2.34. The summed E-state index contributed by atoms with van der Waals surface area (Å²) >= 11 is 0. The van der Waals surface area contributed by atoms with E-state index in [4.69, 9.17) is 4.52 Å². The van der Waals surface area contributed by atoms with Crippen molar-refractivity contribution >= 4 is 23.3 Å². The van der Waals surface area contributed by atoms with E-state index in [-0.39, 0.29) is 23.9 Å². The van der Waals surface area contributed by atoms with Crippen LogP contribution < -0.4 is 16.0 Å². The molecule has 0 radical (unpaired) electrons. The molecule has 154 valence electrons. The smallest absolute Gasteiger partial charge is 0.319 e. The lowest BCUT2D eigenvalue weighted by molar-refractivity contribution is -0.117. The number of anilines is 2. The SMILES string of the molecule is CC(C)NC(=O)Nc1cccc(-c2nc(-c3ccccc3NC(=O)C3CC3)no2)c1. The molecule has 4 rings (SSSR count). The third-order valence-corrected chi connectivity index (χ3v) is 4.59. The highest BCUT2D eigenvalue weighted by Crippen LogP contribution is 2.33. The van der Waals surface area contributed by atoms with Gasteiger partial charge >= 0.3 is 6.03 Å². The number of hydrogen-bond acceptors (Lipinski definition) is 5. The maximum absolute atomic E-state index is 12.2. The number of para-hydroxylation sites is 1. The third-order valence-electron chi connectivity index (χ3n) is 4.59. The molecule has 8 heteroatoms. The summed E-state index contributed by atoms with van der Waals surface area (Å²) in [5.41, 5.74) is 2.63. The van der Waals surface area contributed by atoms with Gasteiger partial charge in [0.2, 0.25) is 11.7 Å². The fourth-order valence-corrected chi connectivity index (χ4v) is 2.98. The number of nitrogens with zero attached hydrogens (tertiary/aromatic N) is 2. The van der Waals surface area contributed by atoms with Crippen molar-refractivity contribution in [3.63, 3.8) is 0 Å². The first-order valence-corrected chi connectivity index (χ1v) is 9.91. The maximum Gasteiger partial charge on any atom is 0.319 e. The molecular formula is C22H23N5O3. The van der Waals surface area contributed by atoms with Gasteiger partial charge in [-0.2, -0.15) is 4.98 Å². The number of aromatic nitrogens is 2. The van der Waals surface area contributed by atoms with E-state index in [1.807, 2.05) is 44.2 Å². The van der Waals surface area contributed by atoms with Crippen LogP contribution in [0.5, 0.6) is 0 Å². The van der Waals surface area contributed by atoms with Crippen LogP contribution in [0.1, 0.15) is 26.7 Å². The first-order chi connectivity index (χ1) is 14.5. The fourth-order valence-electron chi connectivity index (χ4n) is 2.98. The molecule has 1 fully saturated rings. The van der Waals surface area contributed by atoms with E-state index in [0.717, 1.165) is 12.8 Å². The normalized spacial score (nSPS) is 13.2. The molecule has 0 aliphatic heterocycles. The maximum atomic E-state index is 12.2. The largest absolute Gasteiger partial charge is 0.336 e. The molecule has 0 saturated heterocycles. The van der Waals surface area contributed by atoms with Crippen LogP contribution >= 0.6 is 0 Å². The van der Waals surface area contributed by atoms with Crippen molar-refractivity contribution in [1.82, 2.24) is 15.5 Å². The number of amides is 3. The molecule has 1 aliphatic carbocycles. The van der Waals surface area contributed by atoms with Gasteiger partial charge in [0.1, 0.15) is 0 Å². The highest BCUT2D eigenvalue weighted by atomic mass is 16.5. The molecule has 30 heavy (non-hydrogen) atoms. The Kier molecular flexibility index (Phi) is 5.47. The molecule has 0 bridgehead atoms. The Morgan fingerprint density at radius 1 is 1.07 bits per heavy atom. The summed E-state index contributed by atoms with van der Waals surface area (Å²) in [6, 6.07) is 14.3. The summed E-state index contributed by atoms with van der Waals surface area (Å²) in [7, 11) is 0. The minimum absolute atomic E-state index is 0.0182. The van der Waals surface area contributed by atoms with Crippen molar-refractivity contribution in [3.8, 4) is 22.8 Å². The molecule has 1 saturated carbocycles. The Balaban J connectivity index is 1.54. The second kappa shape index (κ2) is 8.36. The predicted molar refractivity (Wildman–Crippen MR) is 114 cm³/mol. The van der Waals surface area contributed by atoms with Crippen molar-refractivity contribution < 1.29 is 14.1 Å². The van der Waals surface area contributed by atoms with Gasteiger partial charge in [-0.15, -0.1) is 0 Å². The van der Waals surface area contributed by atoms with Gasteiger partial charge in [0, 0.05) is 28.8 Å². The molecular weight excluding hydrogens is 382 g/mol. The minimum Gasteiger partial charge on any atom is -0.336 e. The number of urea groups is 1. The number of rotatable bonds is 6. The van der Waals surface area contributed by atoms with Crippen LogP contribution in [0.25, 0.3) is 22.8 Å². The van der Waals surface area contributed by atoms with Gasteiger partial charge in [-0.25, -0.2) is 4.79 Å². The summed E-state index contributed by atoms with van der Waals surface area (Å²) in [5.74, 6) is 0.820. The van der Waals surface area contributed by atoms with Crippen LogP contribution in [-0.2, 0) is 4.79 Å². The van der Waals surface area contributed by atoms with Crippen molar-refractivity contribution in [2.75, 3.05) is 10.6 Å².